The molecule has 19 heavy (non-hydrogen) atoms. The lowest BCUT2D eigenvalue weighted by Gasteiger charge is -2.06. The Morgan fingerprint density at radius 3 is 2.74 bits per heavy atom. The number of aromatic nitrogens is 2. The molecule has 0 N–H and O–H groups in total. The summed E-state index contributed by atoms with van der Waals surface area (Å²) in [5, 5.41) is 11.1. The minimum atomic E-state index is -0.560. The van der Waals surface area contributed by atoms with Crippen molar-refractivity contribution in [3.63, 3.8) is 0 Å². The van der Waals surface area contributed by atoms with Crippen molar-refractivity contribution in [1.29, 1.82) is 0 Å². The summed E-state index contributed by atoms with van der Waals surface area (Å²) in [6.45, 7) is 3.90. The van der Waals surface area contributed by atoms with Gasteiger partial charge in [-0.25, -0.2) is 9.97 Å². The number of rotatable bonds is 3. The van der Waals surface area contributed by atoms with Crippen LogP contribution < -0.4 is 0 Å². The number of aryl methyl sites for hydroxylation is 2. The van der Waals surface area contributed by atoms with Gasteiger partial charge in [-0.3, -0.25) is 10.1 Å². The van der Waals surface area contributed by atoms with Gasteiger partial charge in [-0.1, -0.05) is 35.5 Å². The first-order valence-electron chi connectivity index (χ1n) is 5.39. The van der Waals surface area contributed by atoms with Crippen LogP contribution in [0.5, 0.6) is 0 Å². The first-order valence-corrected chi connectivity index (χ1v) is 6.58. The number of nitrogens with zero attached hydrogens (tertiary/aromatic N) is 3. The average Bonchev–Trinajstić information content (AvgIpc) is 2.33. The third-order valence-corrected chi connectivity index (χ3v) is 3.91. The summed E-state index contributed by atoms with van der Waals surface area (Å²) in [6, 6.07) is 5.91. The first kappa shape index (κ1) is 13.8. The van der Waals surface area contributed by atoms with Gasteiger partial charge in [0.05, 0.1) is 4.92 Å². The van der Waals surface area contributed by atoms with E-state index in [-0.39, 0.29) is 15.9 Å². The number of hydrogen-bond acceptors (Lipinski definition) is 5. The van der Waals surface area contributed by atoms with Crippen LogP contribution in [0.1, 0.15) is 11.1 Å². The van der Waals surface area contributed by atoms with E-state index in [2.05, 4.69) is 9.97 Å². The lowest BCUT2D eigenvalue weighted by Crippen LogP contribution is -1.96. The third-order valence-electron chi connectivity index (χ3n) is 2.48. The third kappa shape index (κ3) is 3.02. The number of halogens is 1. The van der Waals surface area contributed by atoms with E-state index in [4.69, 9.17) is 11.6 Å². The van der Waals surface area contributed by atoms with Gasteiger partial charge in [-0.2, -0.15) is 0 Å². The summed E-state index contributed by atoms with van der Waals surface area (Å²) >= 11 is 6.98. The van der Waals surface area contributed by atoms with E-state index >= 15 is 0 Å². The molecule has 0 aliphatic heterocycles. The van der Waals surface area contributed by atoms with Gasteiger partial charge in [0, 0.05) is 4.90 Å². The highest BCUT2D eigenvalue weighted by Gasteiger charge is 2.22. The second-order valence-corrected chi connectivity index (χ2v) is 5.34. The maximum Gasteiger partial charge on any atom is 0.338 e. The Kier molecular flexibility index (Phi) is 4.01. The zero-order valence-electron chi connectivity index (χ0n) is 10.3. The Morgan fingerprint density at radius 1 is 1.32 bits per heavy atom. The van der Waals surface area contributed by atoms with E-state index in [0.29, 0.717) is 0 Å². The molecular formula is C12H10ClN3O2S. The summed E-state index contributed by atoms with van der Waals surface area (Å²) in [5.41, 5.74) is 1.85. The maximum absolute atomic E-state index is 11.0. The van der Waals surface area contributed by atoms with Crippen molar-refractivity contribution in [2.24, 2.45) is 0 Å². The highest BCUT2D eigenvalue weighted by atomic mass is 35.5. The molecule has 0 radical (unpaired) electrons. The molecule has 0 spiro atoms. The topological polar surface area (TPSA) is 68.9 Å². The minimum absolute atomic E-state index is 0.146. The lowest BCUT2D eigenvalue weighted by atomic mass is 10.2. The van der Waals surface area contributed by atoms with Crippen LogP contribution in [0.15, 0.2) is 34.4 Å². The summed E-state index contributed by atoms with van der Waals surface area (Å²) < 4.78 is 0. The van der Waals surface area contributed by atoms with Gasteiger partial charge in [0.15, 0.2) is 5.03 Å². The van der Waals surface area contributed by atoms with Crippen molar-refractivity contribution < 1.29 is 4.92 Å². The van der Waals surface area contributed by atoms with E-state index in [0.717, 1.165) is 16.0 Å². The van der Waals surface area contributed by atoms with Crippen LogP contribution in [0.3, 0.4) is 0 Å². The molecule has 0 unspecified atom stereocenters. The van der Waals surface area contributed by atoms with Gasteiger partial charge in [0.25, 0.3) is 0 Å². The quantitative estimate of drug-likeness (QED) is 0.489. The van der Waals surface area contributed by atoms with Crippen LogP contribution in [0.4, 0.5) is 5.69 Å². The number of nitro groups is 1. The first-order chi connectivity index (χ1) is 8.99. The summed E-state index contributed by atoms with van der Waals surface area (Å²) in [5.74, 6) is 0. The van der Waals surface area contributed by atoms with Crippen molar-refractivity contribution in [2.75, 3.05) is 0 Å². The normalized spacial score (nSPS) is 10.5. The van der Waals surface area contributed by atoms with Crippen LogP contribution in [-0.2, 0) is 0 Å². The smallest absolute Gasteiger partial charge is 0.258 e. The fourth-order valence-electron chi connectivity index (χ4n) is 1.49. The highest BCUT2D eigenvalue weighted by Crippen LogP contribution is 2.37. The predicted molar refractivity (Wildman–Crippen MR) is 73.7 cm³/mol. The Balaban J connectivity index is 2.46. The van der Waals surface area contributed by atoms with Crippen LogP contribution in [0, 0.1) is 24.0 Å². The molecule has 7 heteroatoms. The molecule has 5 nitrogen and oxygen atoms in total. The highest BCUT2D eigenvalue weighted by molar-refractivity contribution is 7.99. The van der Waals surface area contributed by atoms with Gasteiger partial charge in [0.2, 0.25) is 5.15 Å². The van der Waals surface area contributed by atoms with Gasteiger partial charge in [0.1, 0.15) is 6.33 Å². The Bertz CT molecular complexity index is 649. The SMILES string of the molecule is Cc1ccc(C)c(Sc2ncnc(Cl)c2[N+](=O)[O-])c1. The second kappa shape index (κ2) is 5.54. The minimum Gasteiger partial charge on any atom is -0.258 e. The molecule has 0 saturated heterocycles. The second-order valence-electron chi connectivity index (χ2n) is 3.95. The monoisotopic (exact) mass is 295 g/mol. The molecule has 0 fully saturated rings. The molecule has 0 atom stereocenters. The van der Waals surface area contributed by atoms with Crippen molar-refractivity contribution in [2.45, 2.75) is 23.8 Å². The van der Waals surface area contributed by atoms with Crippen LogP contribution in [-0.4, -0.2) is 14.9 Å². The van der Waals surface area contributed by atoms with Crippen LogP contribution >= 0.6 is 23.4 Å². The van der Waals surface area contributed by atoms with Gasteiger partial charge >= 0.3 is 5.69 Å². The molecule has 98 valence electrons. The average molecular weight is 296 g/mol. The largest absolute Gasteiger partial charge is 0.338 e. The molecule has 2 rings (SSSR count). The Hall–Kier alpha value is -1.66. The van der Waals surface area contributed by atoms with Crippen LogP contribution in [0.25, 0.3) is 0 Å². The van der Waals surface area contributed by atoms with E-state index < -0.39 is 4.92 Å². The number of benzene rings is 1. The van der Waals surface area contributed by atoms with Gasteiger partial charge < -0.3 is 0 Å². The zero-order valence-corrected chi connectivity index (χ0v) is 11.8. The molecule has 1 heterocycles. The zero-order chi connectivity index (χ0) is 14.0. The molecule has 0 saturated carbocycles. The summed E-state index contributed by atoms with van der Waals surface area (Å²) in [4.78, 5) is 19.0. The fourth-order valence-corrected chi connectivity index (χ4v) is 2.80. The van der Waals surface area contributed by atoms with Gasteiger partial charge in [-0.15, -0.1) is 0 Å². The van der Waals surface area contributed by atoms with E-state index in [1.54, 1.807) is 0 Å². The van der Waals surface area contributed by atoms with Crippen molar-refractivity contribution in [1.82, 2.24) is 9.97 Å². The Morgan fingerprint density at radius 2 is 2.05 bits per heavy atom. The van der Waals surface area contributed by atoms with E-state index in [1.165, 1.54) is 18.1 Å². The van der Waals surface area contributed by atoms with Crippen molar-refractivity contribution >= 4 is 29.1 Å². The molecule has 2 aromatic rings. The molecule has 0 aliphatic carbocycles. The molecule has 0 aliphatic rings. The van der Waals surface area contributed by atoms with Crippen molar-refractivity contribution in [3.8, 4) is 0 Å². The van der Waals surface area contributed by atoms with E-state index in [1.807, 2.05) is 32.0 Å². The molecule has 0 amide bonds. The van der Waals surface area contributed by atoms with Crippen molar-refractivity contribution in [3.05, 3.63) is 50.9 Å². The summed E-state index contributed by atoms with van der Waals surface area (Å²) in [6.07, 6.45) is 1.22. The fraction of sp³-hybridized carbons (Fsp3) is 0.167. The van der Waals surface area contributed by atoms with Gasteiger partial charge in [-0.05, 0) is 31.0 Å². The maximum atomic E-state index is 11.0. The molecule has 1 aromatic carbocycles. The number of hydrogen-bond donors (Lipinski definition) is 0. The summed E-state index contributed by atoms with van der Waals surface area (Å²) in [7, 11) is 0. The standard InChI is InChI=1S/C12H10ClN3O2S/c1-7-3-4-8(2)9(5-7)19-12-10(16(17)18)11(13)14-6-15-12/h3-6H,1-2H3. The Labute approximate surface area is 119 Å². The molecule has 1 aromatic heterocycles. The van der Waals surface area contributed by atoms with E-state index in [9.17, 15) is 10.1 Å². The van der Waals surface area contributed by atoms with Crippen LogP contribution in [0.2, 0.25) is 5.15 Å². The lowest BCUT2D eigenvalue weighted by molar-refractivity contribution is -0.388. The predicted octanol–water partition coefficient (Wildman–Crippen LogP) is 3.81. The molecular weight excluding hydrogens is 286 g/mol. The molecule has 0 bridgehead atoms.